The van der Waals surface area contributed by atoms with Gasteiger partial charge in [0, 0.05) is 13.1 Å². The van der Waals surface area contributed by atoms with E-state index in [2.05, 4.69) is 11.9 Å². The largest absolute Gasteiger partial charge is 0.384 e. The number of H-pyrrole nitrogens is 1. The fraction of sp³-hybridized carbons (Fsp3) is 0.667. The number of nitrogens with two attached hydrogens (primary N) is 1. The summed E-state index contributed by atoms with van der Waals surface area (Å²) in [6.07, 6.45) is 2.90. The molecule has 1 atom stereocenters. The Morgan fingerprint density at radius 2 is 2.14 bits per heavy atom. The molecule has 0 aromatic carbocycles. The van der Waals surface area contributed by atoms with Gasteiger partial charge in [0.25, 0.3) is 5.56 Å². The van der Waals surface area contributed by atoms with Crippen LogP contribution in [0.2, 0.25) is 0 Å². The van der Waals surface area contributed by atoms with Crippen LogP contribution in [0.15, 0.2) is 9.59 Å². The first-order valence-corrected chi connectivity index (χ1v) is 7.82. The van der Waals surface area contributed by atoms with Gasteiger partial charge < -0.3 is 5.73 Å². The Kier molecular flexibility index (Phi) is 5.18. The number of carbonyl (C=O) groups is 1. The van der Waals surface area contributed by atoms with Crippen LogP contribution >= 0.6 is 0 Å². The molecule has 1 fully saturated rings. The van der Waals surface area contributed by atoms with E-state index in [1.54, 1.807) is 0 Å². The molecule has 3 N–H and O–H groups in total. The molecule has 0 spiro atoms. The highest BCUT2D eigenvalue weighted by molar-refractivity contribution is 6.01. The van der Waals surface area contributed by atoms with Crippen molar-refractivity contribution in [3.05, 3.63) is 26.4 Å². The number of nitrogen functional groups attached to an aromatic ring is 1. The quantitative estimate of drug-likeness (QED) is 0.769. The average molecular weight is 308 g/mol. The lowest BCUT2D eigenvalue weighted by molar-refractivity contribution is 0.0891. The summed E-state index contributed by atoms with van der Waals surface area (Å²) in [5.74, 6) is 0.203. The molecular formula is C15H24N4O3. The van der Waals surface area contributed by atoms with Crippen molar-refractivity contribution in [2.24, 2.45) is 5.92 Å². The summed E-state index contributed by atoms with van der Waals surface area (Å²) in [6, 6.07) is 0. The number of anilines is 1. The number of ketones is 1. The van der Waals surface area contributed by atoms with E-state index < -0.39 is 11.2 Å². The van der Waals surface area contributed by atoms with Crippen LogP contribution in [0.3, 0.4) is 0 Å². The number of piperidine rings is 1. The van der Waals surface area contributed by atoms with E-state index in [0.29, 0.717) is 18.9 Å². The molecule has 22 heavy (non-hydrogen) atoms. The lowest BCUT2D eigenvalue weighted by atomic mass is 10.00. The van der Waals surface area contributed by atoms with E-state index in [4.69, 9.17) is 5.73 Å². The second kappa shape index (κ2) is 6.91. The van der Waals surface area contributed by atoms with Crippen molar-refractivity contribution in [2.75, 3.05) is 25.4 Å². The van der Waals surface area contributed by atoms with Gasteiger partial charge in [0.15, 0.2) is 5.78 Å². The minimum absolute atomic E-state index is 0.0225. The van der Waals surface area contributed by atoms with Crippen LogP contribution < -0.4 is 17.0 Å². The average Bonchev–Trinajstić information content (AvgIpc) is 2.43. The maximum absolute atomic E-state index is 12.5. The van der Waals surface area contributed by atoms with Gasteiger partial charge in [-0.05, 0) is 31.7 Å². The first-order chi connectivity index (χ1) is 10.4. The third kappa shape index (κ3) is 3.47. The van der Waals surface area contributed by atoms with Gasteiger partial charge in [0.2, 0.25) is 0 Å². The number of rotatable bonds is 5. The van der Waals surface area contributed by atoms with Gasteiger partial charge in [-0.1, -0.05) is 13.8 Å². The highest BCUT2D eigenvalue weighted by Crippen LogP contribution is 2.16. The Morgan fingerprint density at radius 3 is 2.77 bits per heavy atom. The molecule has 1 aromatic rings. The van der Waals surface area contributed by atoms with Gasteiger partial charge in [-0.3, -0.25) is 24.0 Å². The van der Waals surface area contributed by atoms with Crippen LogP contribution in [0.4, 0.5) is 5.82 Å². The van der Waals surface area contributed by atoms with Crippen LogP contribution in [-0.4, -0.2) is 39.9 Å². The first kappa shape index (κ1) is 16.5. The normalized spacial score (nSPS) is 19.3. The van der Waals surface area contributed by atoms with Crippen molar-refractivity contribution in [1.29, 1.82) is 0 Å². The predicted octanol–water partition coefficient (Wildman–Crippen LogP) is 0.443. The second-order valence-electron chi connectivity index (χ2n) is 6.08. The van der Waals surface area contributed by atoms with Gasteiger partial charge in [-0.15, -0.1) is 0 Å². The zero-order chi connectivity index (χ0) is 16.3. The van der Waals surface area contributed by atoms with Crippen molar-refractivity contribution in [1.82, 2.24) is 14.5 Å². The van der Waals surface area contributed by atoms with Gasteiger partial charge >= 0.3 is 5.69 Å². The number of nitrogens with zero attached hydrogens (tertiary/aromatic N) is 2. The molecule has 0 bridgehead atoms. The van der Waals surface area contributed by atoms with Gasteiger partial charge in [-0.2, -0.15) is 0 Å². The second-order valence-corrected chi connectivity index (χ2v) is 6.08. The number of likely N-dealkylation sites (tertiary alicyclic amines) is 1. The molecule has 1 saturated heterocycles. The minimum Gasteiger partial charge on any atom is -0.384 e. The lowest BCUT2D eigenvalue weighted by Crippen LogP contribution is -2.41. The number of hydrogen-bond donors (Lipinski definition) is 2. The Hall–Kier alpha value is -1.89. The van der Waals surface area contributed by atoms with Crippen molar-refractivity contribution in [3.63, 3.8) is 0 Å². The molecule has 1 aromatic heterocycles. The summed E-state index contributed by atoms with van der Waals surface area (Å²) < 4.78 is 1.26. The molecule has 122 valence electrons. The summed E-state index contributed by atoms with van der Waals surface area (Å²) >= 11 is 0. The predicted molar refractivity (Wildman–Crippen MR) is 85.2 cm³/mol. The molecule has 2 heterocycles. The van der Waals surface area contributed by atoms with E-state index in [0.717, 1.165) is 25.9 Å². The minimum atomic E-state index is -0.690. The molecule has 0 amide bonds. The summed E-state index contributed by atoms with van der Waals surface area (Å²) in [5, 5.41) is 0. The van der Waals surface area contributed by atoms with Gasteiger partial charge in [-0.25, -0.2) is 4.79 Å². The molecule has 7 nitrogen and oxygen atoms in total. The molecule has 2 rings (SSSR count). The fourth-order valence-electron chi connectivity index (χ4n) is 3.02. The number of nitrogens with one attached hydrogen (secondary N) is 1. The van der Waals surface area contributed by atoms with Crippen molar-refractivity contribution < 1.29 is 4.79 Å². The summed E-state index contributed by atoms with van der Waals surface area (Å²) in [5.41, 5.74) is 4.56. The third-order valence-electron chi connectivity index (χ3n) is 4.07. The number of Topliss-reactive ketones (excluding diaryl/α,β-unsaturated/α-hetero) is 1. The van der Waals surface area contributed by atoms with Crippen LogP contribution in [-0.2, 0) is 6.54 Å². The monoisotopic (exact) mass is 308 g/mol. The van der Waals surface area contributed by atoms with Crippen LogP contribution in [0.1, 0.15) is 43.5 Å². The maximum Gasteiger partial charge on any atom is 0.329 e. The molecule has 0 aliphatic carbocycles. The van der Waals surface area contributed by atoms with Gasteiger partial charge in [0.05, 0.1) is 6.54 Å². The van der Waals surface area contributed by atoms with Crippen molar-refractivity contribution in [2.45, 2.75) is 39.7 Å². The molecule has 1 aliphatic rings. The number of carbonyl (C=O) groups excluding carboxylic acids is 1. The summed E-state index contributed by atoms with van der Waals surface area (Å²) in [4.78, 5) is 40.5. The van der Waals surface area contributed by atoms with E-state index in [-0.39, 0.29) is 23.7 Å². The highest BCUT2D eigenvalue weighted by Gasteiger charge is 2.23. The third-order valence-corrected chi connectivity index (χ3v) is 4.07. The first-order valence-electron chi connectivity index (χ1n) is 7.82. The Bertz CT molecular complexity index is 662. The smallest absolute Gasteiger partial charge is 0.329 e. The zero-order valence-electron chi connectivity index (χ0n) is 13.2. The Labute approximate surface area is 129 Å². The van der Waals surface area contributed by atoms with E-state index in [1.807, 2.05) is 11.8 Å². The standard InChI is InChI=1S/C15H24N4O3/c1-3-6-19-13(16)12(14(21)17-15(19)22)11(20)9-18-7-4-5-10(2)8-18/h10H,3-9,16H2,1-2H3,(H,17,21,22)/t10-/m0/s1. The zero-order valence-corrected chi connectivity index (χ0v) is 13.2. The Morgan fingerprint density at radius 1 is 1.41 bits per heavy atom. The summed E-state index contributed by atoms with van der Waals surface area (Å²) in [7, 11) is 0. The fourth-order valence-corrected chi connectivity index (χ4v) is 3.02. The SMILES string of the molecule is CCCn1c(N)c(C(=O)CN2CCC[C@H](C)C2)c(=O)[nH]c1=O. The maximum atomic E-state index is 12.5. The van der Waals surface area contributed by atoms with Crippen LogP contribution in [0.25, 0.3) is 0 Å². The number of hydrogen-bond acceptors (Lipinski definition) is 5. The molecule has 1 aliphatic heterocycles. The van der Waals surface area contributed by atoms with E-state index in [1.165, 1.54) is 4.57 Å². The number of aromatic amines is 1. The topological polar surface area (TPSA) is 101 Å². The molecule has 0 radical (unpaired) electrons. The highest BCUT2D eigenvalue weighted by atomic mass is 16.2. The van der Waals surface area contributed by atoms with E-state index >= 15 is 0 Å². The molecule has 7 heteroatoms. The van der Waals surface area contributed by atoms with E-state index in [9.17, 15) is 14.4 Å². The van der Waals surface area contributed by atoms with Gasteiger partial charge in [0.1, 0.15) is 11.4 Å². The summed E-state index contributed by atoms with van der Waals surface area (Å²) in [6.45, 7) is 6.29. The number of aromatic nitrogens is 2. The van der Waals surface area contributed by atoms with Crippen molar-refractivity contribution >= 4 is 11.6 Å². The molecule has 0 saturated carbocycles. The Balaban J connectivity index is 2.27. The van der Waals surface area contributed by atoms with Crippen LogP contribution in [0.5, 0.6) is 0 Å². The molecule has 0 unspecified atom stereocenters. The molecular weight excluding hydrogens is 284 g/mol. The van der Waals surface area contributed by atoms with Crippen molar-refractivity contribution in [3.8, 4) is 0 Å². The van der Waals surface area contributed by atoms with Crippen LogP contribution in [0, 0.1) is 5.92 Å². The lowest BCUT2D eigenvalue weighted by Gasteiger charge is -2.30.